The first-order valence-electron chi connectivity index (χ1n) is 33.8. The first-order chi connectivity index (χ1) is 38.0. The summed E-state index contributed by atoms with van der Waals surface area (Å²) in [7, 11) is 0. The molecule has 0 heterocycles. The lowest BCUT2D eigenvalue weighted by atomic mass is 10.0. The number of rotatable bonds is 62. The zero-order chi connectivity index (χ0) is 55.7. The number of hydrogen-bond acceptors (Lipinski definition) is 6. The van der Waals surface area contributed by atoms with Crippen LogP contribution in [0.1, 0.15) is 355 Å². The molecule has 0 aliphatic heterocycles. The van der Waals surface area contributed by atoms with Crippen LogP contribution in [-0.2, 0) is 28.6 Å². The monoisotopic (exact) mass is 1080 g/mol. The van der Waals surface area contributed by atoms with E-state index in [4.69, 9.17) is 14.2 Å². The second-order valence-electron chi connectivity index (χ2n) is 22.7. The van der Waals surface area contributed by atoms with Crippen LogP contribution in [0.3, 0.4) is 0 Å². The Morgan fingerprint density at radius 1 is 0.273 bits per heavy atom. The van der Waals surface area contributed by atoms with E-state index in [1.165, 1.54) is 225 Å². The van der Waals surface area contributed by atoms with Crippen molar-refractivity contribution in [3.63, 3.8) is 0 Å². The summed E-state index contributed by atoms with van der Waals surface area (Å²) < 4.78 is 16.9. The van der Waals surface area contributed by atoms with E-state index in [-0.39, 0.29) is 31.1 Å². The molecule has 0 aliphatic carbocycles. The molecular weight excluding hydrogens is 949 g/mol. The molecule has 0 aromatic carbocycles. The zero-order valence-electron chi connectivity index (χ0n) is 51.5. The molecule has 0 N–H and O–H groups in total. The van der Waals surface area contributed by atoms with Gasteiger partial charge in [-0.2, -0.15) is 0 Å². The molecule has 0 spiro atoms. The van der Waals surface area contributed by atoms with Gasteiger partial charge in [-0.25, -0.2) is 0 Å². The number of carbonyl (C=O) groups excluding carboxylic acids is 3. The maximum absolute atomic E-state index is 12.9. The van der Waals surface area contributed by atoms with Gasteiger partial charge in [-0.1, -0.05) is 319 Å². The van der Waals surface area contributed by atoms with Gasteiger partial charge in [-0.05, 0) is 77.0 Å². The lowest BCUT2D eigenvalue weighted by molar-refractivity contribution is -0.167. The van der Waals surface area contributed by atoms with E-state index in [1.807, 2.05) is 0 Å². The van der Waals surface area contributed by atoms with Gasteiger partial charge < -0.3 is 14.2 Å². The predicted molar refractivity (Wildman–Crippen MR) is 335 cm³/mol. The summed E-state index contributed by atoms with van der Waals surface area (Å²) in [6.45, 7) is 6.54. The van der Waals surface area contributed by atoms with E-state index < -0.39 is 6.10 Å². The SMILES string of the molecule is CC/C=C\C/C=C\C/C=C\C/C=C\CCCCCCCCCCCCCCC(=O)OCC(COC(=O)CCCCCCC/C=C\CCCC)OC(=O)CCCCCCCCCCCCCCCCCCCCCCCCC. The third kappa shape index (κ3) is 63.8. The lowest BCUT2D eigenvalue weighted by Gasteiger charge is -2.18. The standard InChI is InChI=1S/C71H128O6/c1-4-7-10-13-16-19-22-24-26-28-30-32-34-35-37-38-40-42-44-46-49-52-55-58-61-64-70(73)76-67-68(66-75-69(72)63-60-57-54-51-48-21-18-15-12-9-6-3)77-71(74)65-62-59-56-53-50-47-45-43-41-39-36-33-31-29-27-25-23-20-17-14-11-8-5-2/h7,10,15-16,18-19,24,26,30,32,68H,4-6,8-9,11-14,17,20-23,25,27-29,31,33-67H2,1-3H3/b10-7-,18-15-,19-16-,26-24-,32-30-. The molecule has 0 amide bonds. The van der Waals surface area contributed by atoms with E-state index in [0.29, 0.717) is 19.3 Å². The zero-order valence-corrected chi connectivity index (χ0v) is 51.5. The normalized spacial score (nSPS) is 12.4. The van der Waals surface area contributed by atoms with Crippen LogP contribution < -0.4 is 0 Å². The van der Waals surface area contributed by atoms with Gasteiger partial charge in [0.2, 0.25) is 0 Å². The predicted octanol–water partition coefficient (Wildman–Crippen LogP) is 23.1. The van der Waals surface area contributed by atoms with Crippen LogP contribution in [0, 0.1) is 0 Å². The molecule has 0 saturated carbocycles. The lowest BCUT2D eigenvalue weighted by Crippen LogP contribution is -2.30. The maximum Gasteiger partial charge on any atom is 0.306 e. The smallest absolute Gasteiger partial charge is 0.306 e. The van der Waals surface area contributed by atoms with Crippen LogP contribution in [0.25, 0.3) is 0 Å². The summed E-state index contributed by atoms with van der Waals surface area (Å²) in [6, 6.07) is 0. The maximum atomic E-state index is 12.9. The molecule has 1 unspecified atom stereocenters. The second-order valence-corrected chi connectivity index (χ2v) is 22.7. The Kier molecular flexibility index (Phi) is 63.2. The fraction of sp³-hybridized carbons (Fsp3) is 0.817. The van der Waals surface area contributed by atoms with Gasteiger partial charge in [0, 0.05) is 19.3 Å². The molecule has 0 radical (unpaired) electrons. The van der Waals surface area contributed by atoms with E-state index in [9.17, 15) is 14.4 Å². The fourth-order valence-electron chi connectivity index (χ4n) is 9.95. The summed E-state index contributed by atoms with van der Waals surface area (Å²) in [5, 5.41) is 0. The highest BCUT2D eigenvalue weighted by Gasteiger charge is 2.19. The largest absolute Gasteiger partial charge is 0.462 e. The second kappa shape index (κ2) is 65.6. The summed E-state index contributed by atoms with van der Waals surface area (Å²) in [4.78, 5) is 38.3. The van der Waals surface area contributed by atoms with Crippen molar-refractivity contribution >= 4 is 17.9 Å². The average Bonchev–Trinajstić information content (AvgIpc) is 3.43. The number of ether oxygens (including phenoxy) is 3. The van der Waals surface area contributed by atoms with Gasteiger partial charge in [0.05, 0.1) is 0 Å². The molecule has 1 atom stereocenters. The van der Waals surface area contributed by atoms with Crippen molar-refractivity contribution < 1.29 is 28.6 Å². The molecule has 0 aromatic heterocycles. The van der Waals surface area contributed by atoms with E-state index in [0.717, 1.165) is 89.9 Å². The first-order valence-corrected chi connectivity index (χ1v) is 33.8. The van der Waals surface area contributed by atoms with Gasteiger partial charge in [0.25, 0.3) is 0 Å². The van der Waals surface area contributed by atoms with Crippen LogP contribution in [0.5, 0.6) is 0 Å². The van der Waals surface area contributed by atoms with Crippen LogP contribution in [0.15, 0.2) is 60.8 Å². The van der Waals surface area contributed by atoms with Crippen molar-refractivity contribution in [1.29, 1.82) is 0 Å². The van der Waals surface area contributed by atoms with E-state index >= 15 is 0 Å². The van der Waals surface area contributed by atoms with E-state index in [1.54, 1.807) is 0 Å². The summed E-state index contributed by atoms with van der Waals surface area (Å²) in [5.41, 5.74) is 0. The average molecular weight is 1080 g/mol. The van der Waals surface area contributed by atoms with Gasteiger partial charge in [-0.3, -0.25) is 14.4 Å². The molecule has 0 rings (SSSR count). The molecule has 0 fully saturated rings. The van der Waals surface area contributed by atoms with Crippen LogP contribution >= 0.6 is 0 Å². The van der Waals surface area contributed by atoms with Gasteiger partial charge in [0.1, 0.15) is 13.2 Å². The van der Waals surface area contributed by atoms with Crippen molar-refractivity contribution in [3.05, 3.63) is 60.8 Å². The van der Waals surface area contributed by atoms with Crippen LogP contribution in [0.4, 0.5) is 0 Å². The minimum Gasteiger partial charge on any atom is -0.462 e. The van der Waals surface area contributed by atoms with E-state index in [2.05, 4.69) is 81.5 Å². The van der Waals surface area contributed by atoms with Gasteiger partial charge >= 0.3 is 17.9 Å². The third-order valence-electron chi connectivity index (χ3n) is 15.0. The van der Waals surface area contributed by atoms with Crippen LogP contribution in [0.2, 0.25) is 0 Å². The highest BCUT2D eigenvalue weighted by molar-refractivity contribution is 5.71. The third-order valence-corrected chi connectivity index (χ3v) is 15.0. The molecule has 6 heteroatoms. The number of carbonyl (C=O) groups is 3. The first kappa shape index (κ1) is 74.1. The fourth-order valence-corrected chi connectivity index (χ4v) is 9.95. The summed E-state index contributed by atoms with van der Waals surface area (Å²) in [6.07, 6.45) is 83.9. The molecule has 6 nitrogen and oxygen atoms in total. The van der Waals surface area contributed by atoms with Crippen molar-refractivity contribution in [2.45, 2.75) is 361 Å². The Bertz CT molecular complexity index is 1380. The molecule has 448 valence electrons. The number of esters is 3. The van der Waals surface area contributed by atoms with Crippen molar-refractivity contribution in [1.82, 2.24) is 0 Å². The van der Waals surface area contributed by atoms with Gasteiger partial charge in [0.15, 0.2) is 6.10 Å². The van der Waals surface area contributed by atoms with Crippen molar-refractivity contribution in [2.24, 2.45) is 0 Å². The summed E-state index contributed by atoms with van der Waals surface area (Å²) >= 11 is 0. The van der Waals surface area contributed by atoms with Crippen LogP contribution in [-0.4, -0.2) is 37.2 Å². The highest BCUT2D eigenvalue weighted by atomic mass is 16.6. The highest BCUT2D eigenvalue weighted by Crippen LogP contribution is 2.18. The number of hydrogen-bond donors (Lipinski definition) is 0. The molecule has 0 bridgehead atoms. The molecule has 77 heavy (non-hydrogen) atoms. The number of unbranched alkanes of at least 4 members (excludes halogenated alkanes) is 41. The Morgan fingerprint density at radius 2 is 0.519 bits per heavy atom. The molecule has 0 aliphatic rings. The molecular formula is C71H128O6. The van der Waals surface area contributed by atoms with Gasteiger partial charge in [-0.15, -0.1) is 0 Å². The quantitative estimate of drug-likeness (QED) is 0.0261. The Hall–Kier alpha value is -2.89. The minimum atomic E-state index is -0.776. The Morgan fingerprint density at radius 3 is 0.844 bits per heavy atom. The minimum absolute atomic E-state index is 0.0740. The molecule has 0 aromatic rings. The summed E-state index contributed by atoms with van der Waals surface area (Å²) in [5.74, 6) is -0.864. The Labute approximate surface area is 479 Å². The molecule has 0 saturated heterocycles. The van der Waals surface area contributed by atoms with Crippen molar-refractivity contribution in [2.75, 3.05) is 13.2 Å². The number of allylic oxidation sites excluding steroid dienone is 10. The Balaban J connectivity index is 4.21. The topological polar surface area (TPSA) is 78.9 Å². The van der Waals surface area contributed by atoms with Crippen molar-refractivity contribution in [3.8, 4) is 0 Å².